The molecular weight excluding hydrogens is 181 g/mol. The van der Waals surface area contributed by atoms with Crippen molar-refractivity contribution in [2.75, 3.05) is 7.05 Å². The van der Waals surface area contributed by atoms with Crippen molar-refractivity contribution in [1.82, 2.24) is 5.32 Å². The van der Waals surface area contributed by atoms with Crippen molar-refractivity contribution in [2.24, 2.45) is 0 Å². The number of benzene rings is 1. The van der Waals surface area contributed by atoms with Crippen LogP contribution in [0.4, 0.5) is 4.39 Å². The summed E-state index contributed by atoms with van der Waals surface area (Å²) in [6.07, 6.45) is 0. The van der Waals surface area contributed by atoms with Gasteiger partial charge >= 0.3 is 0 Å². The maximum absolute atomic E-state index is 13.3. The highest BCUT2D eigenvalue weighted by molar-refractivity contribution is 6.00. The van der Waals surface area contributed by atoms with E-state index in [1.165, 1.54) is 6.07 Å². The van der Waals surface area contributed by atoms with Crippen molar-refractivity contribution in [2.45, 2.75) is 19.9 Å². The van der Waals surface area contributed by atoms with Crippen LogP contribution in [0.2, 0.25) is 0 Å². The first-order valence-corrected chi connectivity index (χ1v) is 4.54. The Balaban J connectivity index is 3.06. The van der Waals surface area contributed by atoms with Crippen molar-refractivity contribution in [3.05, 3.63) is 35.1 Å². The zero-order valence-electron chi connectivity index (χ0n) is 8.60. The standard InChI is InChI=1S/C11H14FNO/c1-7-4-5-10(12)9(6-7)11(14)8(2)13-3/h4-6,8,13H,1-3H3. The molecule has 14 heavy (non-hydrogen) atoms. The van der Waals surface area contributed by atoms with Crippen LogP contribution in [0.1, 0.15) is 22.8 Å². The number of rotatable bonds is 3. The molecule has 76 valence electrons. The number of nitrogens with one attached hydrogen (secondary N) is 1. The summed E-state index contributed by atoms with van der Waals surface area (Å²) in [7, 11) is 1.68. The summed E-state index contributed by atoms with van der Waals surface area (Å²) in [4.78, 5) is 11.6. The molecule has 1 N–H and O–H groups in total. The lowest BCUT2D eigenvalue weighted by Crippen LogP contribution is -2.31. The van der Waals surface area contributed by atoms with Crippen molar-refractivity contribution in [3.8, 4) is 0 Å². The average Bonchev–Trinajstić information content (AvgIpc) is 2.19. The summed E-state index contributed by atoms with van der Waals surface area (Å²) in [5, 5.41) is 2.79. The van der Waals surface area contributed by atoms with E-state index in [0.717, 1.165) is 5.56 Å². The van der Waals surface area contributed by atoms with Gasteiger partial charge in [0.25, 0.3) is 0 Å². The Morgan fingerprint density at radius 1 is 1.50 bits per heavy atom. The summed E-state index contributed by atoms with van der Waals surface area (Å²) in [5.74, 6) is -0.670. The van der Waals surface area contributed by atoms with Crippen molar-refractivity contribution >= 4 is 5.78 Å². The fraction of sp³-hybridized carbons (Fsp3) is 0.364. The predicted molar refractivity (Wildman–Crippen MR) is 54.0 cm³/mol. The number of aryl methyl sites for hydroxylation is 1. The van der Waals surface area contributed by atoms with Crippen LogP contribution in [0.5, 0.6) is 0 Å². The van der Waals surface area contributed by atoms with Gasteiger partial charge in [0.1, 0.15) is 5.82 Å². The highest BCUT2D eigenvalue weighted by Crippen LogP contribution is 2.12. The second kappa shape index (κ2) is 4.33. The van der Waals surface area contributed by atoms with Crippen molar-refractivity contribution < 1.29 is 9.18 Å². The third-order valence-corrected chi connectivity index (χ3v) is 2.21. The number of ketones is 1. The summed E-state index contributed by atoms with van der Waals surface area (Å²) in [5.41, 5.74) is 1.05. The predicted octanol–water partition coefficient (Wildman–Crippen LogP) is 1.92. The second-order valence-corrected chi connectivity index (χ2v) is 3.36. The molecule has 0 aromatic heterocycles. The largest absolute Gasteiger partial charge is 0.310 e. The average molecular weight is 195 g/mol. The van der Waals surface area contributed by atoms with E-state index in [4.69, 9.17) is 0 Å². The number of hydrogen-bond donors (Lipinski definition) is 1. The van der Waals surface area contributed by atoms with Gasteiger partial charge in [-0.15, -0.1) is 0 Å². The lowest BCUT2D eigenvalue weighted by molar-refractivity contribution is 0.0951. The lowest BCUT2D eigenvalue weighted by atomic mass is 10.0. The van der Waals surface area contributed by atoms with E-state index >= 15 is 0 Å². The molecule has 0 heterocycles. The molecule has 1 atom stereocenters. The molecule has 0 spiro atoms. The molecule has 0 radical (unpaired) electrons. The van der Waals surface area contributed by atoms with E-state index in [-0.39, 0.29) is 17.4 Å². The molecule has 0 amide bonds. The normalized spacial score (nSPS) is 12.6. The Morgan fingerprint density at radius 2 is 2.14 bits per heavy atom. The zero-order chi connectivity index (χ0) is 10.7. The zero-order valence-corrected chi connectivity index (χ0v) is 8.60. The molecule has 1 aromatic carbocycles. The van der Waals surface area contributed by atoms with Crippen LogP contribution >= 0.6 is 0 Å². The number of Topliss-reactive ketones (excluding diaryl/α,β-unsaturated/α-hetero) is 1. The fourth-order valence-electron chi connectivity index (χ4n) is 1.19. The van der Waals surface area contributed by atoms with Gasteiger partial charge < -0.3 is 5.32 Å². The highest BCUT2D eigenvalue weighted by Gasteiger charge is 2.16. The smallest absolute Gasteiger partial charge is 0.182 e. The monoisotopic (exact) mass is 195 g/mol. The quantitative estimate of drug-likeness (QED) is 0.746. The Morgan fingerprint density at radius 3 is 2.71 bits per heavy atom. The Bertz CT molecular complexity index is 349. The van der Waals surface area contributed by atoms with Crippen LogP contribution < -0.4 is 5.32 Å². The minimum absolute atomic E-state index is 0.159. The van der Waals surface area contributed by atoms with Gasteiger partial charge in [-0.3, -0.25) is 4.79 Å². The third kappa shape index (κ3) is 2.17. The van der Waals surface area contributed by atoms with E-state index in [1.807, 2.05) is 6.92 Å². The van der Waals surface area contributed by atoms with Crippen LogP contribution in [0.3, 0.4) is 0 Å². The van der Waals surface area contributed by atoms with E-state index in [9.17, 15) is 9.18 Å². The first-order valence-electron chi connectivity index (χ1n) is 4.54. The molecule has 0 saturated carbocycles. The Hall–Kier alpha value is -1.22. The van der Waals surface area contributed by atoms with Gasteiger partial charge in [-0.25, -0.2) is 4.39 Å². The molecule has 0 fully saturated rings. The third-order valence-electron chi connectivity index (χ3n) is 2.21. The van der Waals surface area contributed by atoms with E-state index < -0.39 is 5.82 Å². The van der Waals surface area contributed by atoms with E-state index in [2.05, 4.69) is 5.32 Å². The summed E-state index contributed by atoms with van der Waals surface area (Å²) >= 11 is 0. The molecule has 3 heteroatoms. The molecule has 0 saturated heterocycles. The number of halogens is 1. The molecule has 0 aliphatic carbocycles. The topological polar surface area (TPSA) is 29.1 Å². The second-order valence-electron chi connectivity index (χ2n) is 3.36. The van der Waals surface area contributed by atoms with Crippen LogP contribution in [-0.4, -0.2) is 18.9 Å². The van der Waals surface area contributed by atoms with Gasteiger partial charge in [-0.2, -0.15) is 0 Å². The van der Waals surface area contributed by atoms with Gasteiger partial charge in [0.05, 0.1) is 11.6 Å². The summed E-state index contributed by atoms with van der Waals surface area (Å²) < 4.78 is 13.3. The number of carbonyl (C=O) groups is 1. The van der Waals surface area contributed by atoms with Gasteiger partial charge in [0, 0.05) is 0 Å². The molecule has 1 rings (SSSR count). The molecule has 0 bridgehead atoms. The summed E-state index contributed by atoms with van der Waals surface area (Å²) in [6.45, 7) is 3.55. The van der Waals surface area contributed by atoms with Gasteiger partial charge in [-0.1, -0.05) is 11.6 Å². The molecule has 0 aliphatic rings. The van der Waals surface area contributed by atoms with E-state index in [0.29, 0.717) is 0 Å². The first kappa shape index (κ1) is 10.9. The van der Waals surface area contributed by atoms with Crippen LogP contribution in [-0.2, 0) is 0 Å². The maximum Gasteiger partial charge on any atom is 0.182 e. The molecule has 2 nitrogen and oxygen atoms in total. The minimum atomic E-state index is -0.456. The van der Waals surface area contributed by atoms with Crippen LogP contribution in [0, 0.1) is 12.7 Å². The number of carbonyl (C=O) groups excluding carboxylic acids is 1. The SMILES string of the molecule is CNC(C)C(=O)c1cc(C)ccc1F. The number of likely N-dealkylation sites (N-methyl/N-ethyl adjacent to an activating group) is 1. The maximum atomic E-state index is 13.3. The van der Waals surface area contributed by atoms with Gasteiger partial charge in [-0.05, 0) is 33.0 Å². The lowest BCUT2D eigenvalue weighted by Gasteiger charge is -2.09. The molecule has 0 aliphatic heterocycles. The van der Waals surface area contributed by atoms with Crippen molar-refractivity contribution in [1.29, 1.82) is 0 Å². The van der Waals surface area contributed by atoms with Crippen molar-refractivity contribution in [3.63, 3.8) is 0 Å². The van der Waals surface area contributed by atoms with E-state index in [1.54, 1.807) is 26.1 Å². The Labute approximate surface area is 83.1 Å². The highest BCUT2D eigenvalue weighted by atomic mass is 19.1. The first-order chi connectivity index (χ1) is 6.56. The van der Waals surface area contributed by atoms with Crippen LogP contribution in [0.25, 0.3) is 0 Å². The molecular formula is C11H14FNO. The minimum Gasteiger partial charge on any atom is -0.310 e. The van der Waals surface area contributed by atoms with Crippen LogP contribution in [0.15, 0.2) is 18.2 Å². The van der Waals surface area contributed by atoms with Gasteiger partial charge in [0.15, 0.2) is 5.78 Å². The molecule has 1 unspecified atom stereocenters. The Kier molecular flexibility index (Phi) is 3.36. The molecule has 1 aromatic rings. The fourth-order valence-corrected chi connectivity index (χ4v) is 1.19. The number of hydrogen-bond acceptors (Lipinski definition) is 2. The van der Waals surface area contributed by atoms with Gasteiger partial charge in [0.2, 0.25) is 0 Å². The summed E-state index contributed by atoms with van der Waals surface area (Å²) in [6, 6.07) is 4.19.